The first kappa shape index (κ1) is 25.0. The van der Waals surface area contributed by atoms with Gasteiger partial charge in [0.2, 0.25) is 0 Å². The van der Waals surface area contributed by atoms with E-state index < -0.39 is 0 Å². The standard InChI is InChI=1S/C24H33N5O.HI/c1-25-24(26-13-7-14-29-15-12-21-9-4-5-11-23(21)29)27-19-20-8-6-10-22(18-20)30-17-16-28(2)3;/h4-6,8-12,15,18H,7,13-14,16-17,19H2,1-3H3,(H2,25,26,27);1H. The maximum atomic E-state index is 5.82. The Balaban J connectivity index is 0.00000341. The minimum atomic E-state index is 0. The molecule has 2 N–H and O–H groups in total. The van der Waals surface area contributed by atoms with E-state index in [-0.39, 0.29) is 24.0 Å². The van der Waals surface area contributed by atoms with Gasteiger partial charge in [-0.3, -0.25) is 4.99 Å². The average Bonchev–Trinajstić information content (AvgIpc) is 3.16. The lowest BCUT2D eigenvalue weighted by molar-refractivity contribution is 0.261. The van der Waals surface area contributed by atoms with Crippen LogP contribution in [0.5, 0.6) is 5.75 Å². The largest absolute Gasteiger partial charge is 0.492 e. The molecule has 168 valence electrons. The molecule has 3 aromatic rings. The van der Waals surface area contributed by atoms with E-state index in [9.17, 15) is 0 Å². The van der Waals surface area contributed by atoms with Gasteiger partial charge in [0.25, 0.3) is 0 Å². The van der Waals surface area contributed by atoms with E-state index in [4.69, 9.17) is 4.74 Å². The van der Waals surface area contributed by atoms with Gasteiger partial charge in [-0.15, -0.1) is 24.0 Å². The van der Waals surface area contributed by atoms with Gasteiger partial charge in [-0.05, 0) is 55.7 Å². The van der Waals surface area contributed by atoms with Crippen molar-refractivity contribution in [1.29, 1.82) is 0 Å². The van der Waals surface area contributed by atoms with Crippen LogP contribution in [0.15, 0.2) is 65.8 Å². The molecule has 0 saturated carbocycles. The Bertz CT molecular complexity index is 954. The molecule has 0 aliphatic carbocycles. The van der Waals surface area contributed by atoms with Gasteiger partial charge in [-0.1, -0.05) is 30.3 Å². The first-order valence-corrected chi connectivity index (χ1v) is 10.5. The van der Waals surface area contributed by atoms with Crippen LogP contribution in [0.4, 0.5) is 0 Å². The van der Waals surface area contributed by atoms with E-state index in [0.29, 0.717) is 13.2 Å². The zero-order chi connectivity index (χ0) is 21.2. The summed E-state index contributed by atoms with van der Waals surface area (Å²) < 4.78 is 8.12. The van der Waals surface area contributed by atoms with Crippen LogP contribution >= 0.6 is 24.0 Å². The molecule has 0 aliphatic heterocycles. The highest BCUT2D eigenvalue weighted by molar-refractivity contribution is 14.0. The number of para-hydroxylation sites is 1. The fourth-order valence-electron chi connectivity index (χ4n) is 3.29. The average molecular weight is 535 g/mol. The van der Waals surface area contributed by atoms with E-state index in [1.54, 1.807) is 7.05 Å². The predicted molar refractivity (Wildman–Crippen MR) is 141 cm³/mol. The molecule has 0 amide bonds. The molecule has 6 nitrogen and oxygen atoms in total. The third-order valence-electron chi connectivity index (χ3n) is 4.94. The monoisotopic (exact) mass is 535 g/mol. The van der Waals surface area contributed by atoms with Crippen molar-refractivity contribution in [2.24, 2.45) is 4.99 Å². The molecule has 3 rings (SSSR count). The van der Waals surface area contributed by atoms with Crippen LogP contribution in [0, 0.1) is 0 Å². The summed E-state index contributed by atoms with van der Waals surface area (Å²) in [6.07, 6.45) is 3.18. The lowest BCUT2D eigenvalue weighted by Crippen LogP contribution is -2.37. The van der Waals surface area contributed by atoms with Gasteiger partial charge >= 0.3 is 0 Å². The highest BCUT2D eigenvalue weighted by Gasteiger charge is 2.02. The summed E-state index contributed by atoms with van der Waals surface area (Å²) in [5, 5.41) is 8.07. The van der Waals surface area contributed by atoms with Crippen molar-refractivity contribution in [2.45, 2.75) is 19.5 Å². The number of likely N-dealkylation sites (N-methyl/N-ethyl adjacent to an activating group) is 1. The Kier molecular flexibility index (Phi) is 10.7. The number of nitrogens with one attached hydrogen (secondary N) is 2. The maximum Gasteiger partial charge on any atom is 0.191 e. The zero-order valence-electron chi connectivity index (χ0n) is 18.7. The van der Waals surface area contributed by atoms with Crippen molar-refractivity contribution in [3.05, 3.63) is 66.4 Å². The Morgan fingerprint density at radius 1 is 1.06 bits per heavy atom. The van der Waals surface area contributed by atoms with Crippen LogP contribution < -0.4 is 15.4 Å². The molecule has 0 bridgehead atoms. The Hall–Kier alpha value is -2.26. The SMILES string of the molecule is CN=C(NCCCn1ccc2ccccc21)NCc1cccc(OCCN(C)C)c1.I. The van der Waals surface area contributed by atoms with Crippen LogP contribution in [-0.2, 0) is 13.1 Å². The second kappa shape index (κ2) is 13.2. The van der Waals surface area contributed by atoms with Crippen molar-refractivity contribution in [3.63, 3.8) is 0 Å². The van der Waals surface area contributed by atoms with E-state index in [2.05, 4.69) is 73.8 Å². The molecule has 0 aliphatic rings. The van der Waals surface area contributed by atoms with Crippen molar-refractivity contribution in [1.82, 2.24) is 20.1 Å². The molecule has 0 spiro atoms. The first-order chi connectivity index (χ1) is 14.7. The molecular formula is C24H34IN5O. The van der Waals surface area contributed by atoms with Gasteiger partial charge in [0.15, 0.2) is 5.96 Å². The lowest BCUT2D eigenvalue weighted by Gasteiger charge is -2.14. The molecule has 0 fully saturated rings. The number of aliphatic imine (C=N–C) groups is 1. The number of aryl methyl sites for hydroxylation is 1. The van der Waals surface area contributed by atoms with Gasteiger partial charge in [0.1, 0.15) is 12.4 Å². The number of guanidine groups is 1. The van der Waals surface area contributed by atoms with Crippen molar-refractivity contribution >= 4 is 40.8 Å². The second-order valence-corrected chi connectivity index (χ2v) is 7.57. The van der Waals surface area contributed by atoms with Crippen LogP contribution in [0.2, 0.25) is 0 Å². The van der Waals surface area contributed by atoms with Gasteiger partial charge in [-0.2, -0.15) is 0 Å². The number of halogens is 1. The number of fused-ring (bicyclic) bond motifs is 1. The molecule has 7 heteroatoms. The number of aromatic nitrogens is 1. The highest BCUT2D eigenvalue weighted by Crippen LogP contribution is 2.15. The summed E-state index contributed by atoms with van der Waals surface area (Å²) >= 11 is 0. The summed E-state index contributed by atoms with van der Waals surface area (Å²) in [6.45, 7) is 4.12. The van der Waals surface area contributed by atoms with E-state index in [1.165, 1.54) is 16.5 Å². The Morgan fingerprint density at radius 3 is 2.71 bits per heavy atom. The Morgan fingerprint density at radius 2 is 1.90 bits per heavy atom. The van der Waals surface area contributed by atoms with Crippen LogP contribution in [0.25, 0.3) is 10.9 Å². The van der Waals surface area contributed by atoms with Crippen LogP contribution in [-0.4, -0.2) is 56.3 Å². The van der Waals surface area contributed by atoms with Gasteiger partial charge < -0.3 is 24.8 Å². The minimum Gasteiger partial charge on any atom is -0.492 e. The molecule has 0 atom stereocenters. The second-order valence-electron chi connectivity index (χ2n) is 7.57. The minimum absolute atomic E-state index is 0. The smallest absolute Gasteiger partial charge is 0.191 e. The number of hydrogen-bond donors (Lipinski definition) is 2. The number of nitrogens with zero attached hydrogens (tertiary/aromatic N) is 3. The summed E-state index contributed by atoms with van der Waals surface area (Å²) in [6, 6.07) is 18.8. The predicted octanol–water partition coefficient (Wildman–Crippen LogP) is 3.96. The zero-order valence-corrected chi connectivity index (χ0v) is 21.0. The topological polar surface area (TPSA) is 53.8 Å². The third-order valence-corrected chi connectivity index (χ3v) is 4.94. The summed E-state index contributed by atoms with van der Waals surface area (Å²) in [7, 11) is 5.89. The van der Waals surface area contributed by atoms with Crippen molar-refractivity contribution < 1.29 is 4.74 Å². The maximum absolute atomic E-state index is 5.82. The molecule has 0 unspecified atom stereocenters. The highest BCUT2D eigenvalue weighted by atomic mass is 127. The van der Waals surface area contributed by atoms with Crippen LogP contribution in [0.1, 0.15) is 12.0 Å². The Labute approximate surface area is 202 Å². The lowest BCUT2D eigenvalue weighted by atomic mass is 10.2. The summed E-state index contributed by atoms with van der Waals surface area (Å²) in [5.41, 5.74) is 2.45. The quantitative estimate of drug-likeness (QED) is 0.179. The number of benzene rings is 2. The van der Waals surface area contributed by atoms with Gasteiger partial charge in [0, 0.05) is 44.9 Å². The fraction of sp³-hybridized carbons (Fsp3) is 0.375. The van der Waals surface area contributed by atoms with Crippen LogP contribution in [0.3, 0.4) is 0 Å². The molecule has 1 heterocycles. The molecule has 0 radical (unpaired) electrons. The van der Waals surface area contributed by atoms with Crippen molar-refractivity contribution in [3.8, 4) is 5.75 Å². The van der Waals surface area contributed by atoms with E-state index in [1.807, 2.05) is 26.2 Å². The fourth-order valence-corrected chi connectivity index (χ4v) is 3.29. The van der Waals surface area contributed by atoms with Crippen molar-refractivity contribution in [2.75, 3.05) is 40.8 Å². The first-order valence-electron chi connectivity index (χ1n) is 10.5. The molecule has 31 heavy (non-hydrogen) atoms. The summed E-state index contributed by atoms with van der Waals surface area (Å²) in [5.74, 6) is 1.71. The van der Waals surface area contributed by atoms with Gasteiger partial charge in [-0.25, -0.2) is 0 Å². The summed E-state index contributed by atoms with van der Waals surface area (Å²) in [4.78, 5) is 6.44. The molecular weight excluding hydrogens is 501 g/mol. The van der Waals surface area contributed by atoms with E-state index in [0.717, 1.165) is 37.8 Å². The molecule has 1 aromatic heterocycles. The normalized spacial score (nSPS) is 11.4. The molecule has 2 aromatic carbocycles. The third kappa shape index (κ3) is 8.06. The number of ether oxygens (including phenoxy) is 1. The molecule has 0 saturated heterocycles. The number of hydrogen-bond acceptors (Lipinski definition) is 3. The van der Waals surface area contributed by atoms with Gasteiger partial charge in [0.05, 0.1) is 0 Å². The van der Waals surface area contributed by atoms with E-state index >= 15 is 0 Å². The number of rotatable bonds is 10.